The summed E-state index contributed by atoms with van der Waals surface area (Å²) in [5.74, 6) is 0.0885. The summed E-state index contributed by atoms with van der Waals surface area (Å²) < 4.78 is 24.3. The molecule has 0 aromatic heterocycles. The molecule has 1 atom stereocenters. The van der Waals surface area contributed by atoms with E-state index in [4.69, 9.17) is 5.26 Å². The summed E-state index contributed by atoms with van der Waals surface area (Å²) in [5.41, 5.74) is 0. The van der Waals surface area contributed by atoms with Gasteiger partial charge >= 0.3 is 0 Å². The SMILES string of the molecule is CCS(=O)(=O)N1CCCC[C@H]1C#N. The molecule has 0 radical (unpaired) electrons. The summed E-state index contributed by atoms with van der Waals surface area (Å²) in [5, 5.41) is 8.76. The Hall–Kier alpha value is -0.600. The monoisotopic (exact) mass is 202 g/mol. The predicted molar refractivity (Wildman–Crippen MR) is 49.4 cm³/mol. The first kappa shape index (κ1) is 10.5. The Bertz CT molecular complexity index is 305. The van der Waals surface area contributed by atoms with E-state index in [0.29, 0.717) is 13.0 Å². The lowest BCUT2D eigenvalue weighted by Crippen LogP contribution is -2.43. The number of hydrogen-bond acceptors (Lipinski definition) is 3. The van der Waals surface area contributed by atoms with E-state index in [1.54, 1.807) is 6.92 Å². The van der Waals surface area contributed by atoms with Crippen molar-refractivity contribution in [3.63, 3.8) is 0 Å². The van der Waals surface area contributed by atoms with Crippen molar-refractivity contribution in [2.45, 2.75) is 32.2 Å². The zero-order chi connectivity index (χ0) is 9.90. The van der Waals surface area contributed by atoms with Crippen molar-refractivity contribution < 1.29 is 8.42 Å². The number of sulfonamides is 1. The first-order valence-electron chi connectivity index (χ1n) is 4.51. The minimum absolute atomic E-state index is 0.0885. The molecule has 1 fully saturated rings. The van der Waals surface area contributed by atoms with E-state index in [1.165, 1.54) is 4.31 Å². The van der Waals surface area contributed by atoms with Crippen LogP contribution in [0.2, 0.25) is 0 Å². The van der Waals surface area contributed by atoms with Gasteiger partial charge in [-0.15, -0.1) is 0 Å². The molecule has 1 rings (SSSR count). The average Bonchev–Trinajstić information content (AvgIpc) is 2.18. The quantitative estimate of drug-likeness (QED) is 0.662. The summed E-state index contributed by atoms with van der Waals surface area (Å²) in [6.07, 6.45) is 2.50. The van der Waals surface area contributed by atoms with Gasteiger partial charge in [-0.05, 0) is 26.2 Å². The second-order valence-electron chi connectivity index (χ2n) is 3.15. The summed E-state index contributed by atoms with van der Waals surface area (Å²) in [6.45, 7) is 2.12. The Labute approximate surface area is 79.2 Å². The molecule has 0 N–H and O–H groups in total. The molecule has 1 heterocycles. The number of nitriles is 1. The lowest BCUT2D eigenvalue weighted by atomic mass is 10.1. The zero-order valence-corrected chi connectivity index (χ0v) is 8.55. The van der Waals surface area contributed by atoms with Crippen molar-refractivity contribution in [3.05, 3.63) is 0 Å². The van der Waals surface area contributed by atoms with Crippen LogP contribution < -0.4 is 0 Å². The van der Waals surface area contributed by atoms with E-state index in [2.05, 4.69) is 0 Å². The Morgan fingerprint density at radius 1 is 1.54 bits per heavy atom. The van der Waals surface area contributed by atoms with Gasteiger partial charge in [0, 0.05) is 6.54 Å². The van der Waals surface area contributed by atoms with Crippen LogP contribution in [0.15, 0.2) is 0 Å². The molecule has 4 nitrogen and oxygen atoms in total. The number of nitrogens with zero attached hydrogens (tertiary/aromatic N) is 2. The Kier molecular flexibility index (Phi) is 3.28. The standard InChI is InChI=1S/C8H14N2O2S/c1-2-13(11,12)10-6-4-3-5-8(10)7-9/h8H,2-6H2,1H3/t8-/m0/s1. The topological polar surface area (TPSA) is 61.2 Å². The van der Waals surface area contributed by atoms with Crippen LogP contribution in [0, 0.1) is 11.3 Å². The first-order chi connectivity index (χ1) is 6.11. The fourth-order valence-corrected chi connectivity index (χ4v) is 2.81. The highest BCUT2D eigenvalue weighted by atomic mass is 32.2. The van der Waals surface area contributed by atoms with E-state index in [-0.39, 0.29) is 5.75 Å². The Balaban J connectivity index is 2.83. The molecule has 0 amide bonds. The van der Waals surface area contributed by atoms with Crippen molar-refractivity contribution in [1.29, 1.82) is 5.26 Å². The third-order valence-corrected chi connectivity index (χ3v) is 4.21. The molecule has 0 unspecified atom stereocenters. The molecule has 0 bridgehead atoms. The van der Waals surface area contributed by atoms with E-state index >= 15 is 0 Å². The van der Waals surface area contributed by atoms with E-state index in [1.807, 2.05) is 6.07 Å². The van der Waals surface area contributed by atoms with Crippen LogP contribution in [0.4, 0.5) is 0 Å². The van der Waals surface area contributed by atoms with E-state index in [9.17, 15) is 8.42 Å². The van der Waals surface area contributed by atoms with E-state index in [0.717, 1.165) is 12.8 Å². The summed E-state index contributed by atoms with van der Waals surface area (Å²) in [4.78, 5) is 0. The fraction of sp³-hybridized carbons (Fsp3) is 0.875. The highest BCUT2D eigenvalue weighted by molar-refractivity contribution is 7.89. The van der Waals surface area contributed by atoms with Gasteiger partial charge in [0.25, 0.3) is 0 Å². The van der Waals surface area contributed by atoms with Crippen molar-refractivity contribution in [2.75, 3.05) is 12.3 Å². The maximum Gasteiger partial charge on any atom is 0.215 e. The van der Waals surface area contributed by atoms with Crippen LogP contribution in [0.3, 0.4) is 0 Å². The largest absolute Gasteiger partial charge is 0.215 e. The van der Waals surface area contributed by atoms with Gasteiger partial charge < -0.3 is 0 Å². The highest BCUT2D eigenvalue weighted by Crippen LogP contribution is 2.19. The molecule has 1 aliphatic heterocycles. The Morgan fingerprint density at radius 3 is 2.77 bits per heavy atom. The second kappa shape index (κ2) is 4.07. The predicted octanol–water partition coefficient (Wildman–Crippen LogP) is 0.714. The maximum absolute atomic E-state index is 11.5. The number of rotatable bonds is 2. The van der Waals surface area contributed by atoms with Gasteiger partial charge in [-0.25, -0.2) is 8.42 Å². The molecule has 1 aliphatic rings. The van der Waals surface area contributed by atoms with Crippen LogP contribution in [-0.4, -0.2) is 31.1 Å². The molecule has 0 aromatic rings. The minimum Gasteiger partial charge on any atom is -0.212 e. The summed E-state index contributed by atoms with van der Waals surface area (Å²) in [6, 6.07) is 1.61. The minimum atomic E-state index is -3.17. The van der Waals surface area contributed by atoms with Gasteiger partial charge in [-0.2, -0.15) is 9.57 Å². The average molecular weight is 202 g/mol. The Morgan fingerprint density at radius 2 is 2.23 bits per heavy atom. The van der Waals surface area contributed by atoms with Crippen LogP contribution in [0.1, 0.15) is 26.2 Å². The van der Waals surface area contributed by atoms with Crippen molar-refractivity contribution in [3.8, 4) is 6.07 Å². The van der Waals surface area contributed by atoms with Gasteiger partial charge in [0.05, 0.1) is 11.8 Å². The molecule has 0 aromatic carbocycles. The highest BCUT2D eigenvalue weighted by Gasteiger charge is 2.30. The summed E-state index contributed by atoms with van der Waals surface area (Å²) in [7, 11) is -3.17. The molecule has 74 valence electrons. The molecule has 13 heavy (non-hydrogen) atoms. The molecule has 5 heteroatoms. The van der Waals surface area contributed by atoms with Crippen molar-refractivity contribution in [1.82, 2.24) is 4.31 Å². The zero-order valence-electron chi connectivity index (χ0n) is 7.73. The molecule has 0 saturated carbocycles. The second-order valence-corrected chi connectivity index (χ2v) is 5.36. The molecule has 1 saturated heterocycles. The fourth-order valence-electron chi connectivity index (χ4n) is 1.53. The van der Waals surface area contributed by atoms with Gasteiger partial charge in [-0.1, -0.05) is 0 Å². The molecular weight excluding hydrogens is 188 g/mol. The number of piperidine rings is 1. The van der Waals surface area contributed by atoms with Crippen LogP contribution >= 0.6 is 0 Å². The van der Waals surface area contributed by atoms with Gasteiger partial charge in [-0.3, -0.25) is 0 Å². The maximum atomic E-state index is 11.5. The third kappa shape index (κ3) is 2.20. The molecule has 0 spiro atoms. The van der Waals surface area contributed by atoms with Crippen molar-refractivity contribution in [2.24, 2.45) is 0 Å². The molecular formula is C8H14N2O2S. The lowest BCUT2D eigenvalue weighted by Gasteiger charge is -2.29. The number of hydrogen-bond donors (Lipinski definition) is 0. The lowest BCUT2D eigenvalue weighted by molar-refractivity contribution is 0.297. The van der Waals surface area contributed by atoms with Gasteiger partial charge in [0.1, 0.15) is 6.04 Å². The summed E-state index contributed by atoms with van der Waals surface area (Å²) >= 11 is 0. The normalized spacial score (nSPS) is 25.4. The first-order valence-corrected chi connectivity index (χ1v) is 6.12. The van der Waals surface area contributed by atoms with Gasteiger partial charge in [0.2, 0.25) is 10.0 Å². The molecule has 0 aliphatic carbocycles. The smallest absolute Gasteiger partial charge is 0.212 e. The van der Waals surface area contributed by atoms with Crippen LogP contribution in [0.25, 0.3) is 0 Å². The van der Waals surface area contributed by atoms with Crippen LogP contribution in [-0.2, 0) is 10.0 Å². The third-order valence-electron chi connectivity index (χ3n) is 2.32. The van der Waals surface area contributed by atoms with E-state index < -0.39 is 16.1 Å². The van der Waals surface area contributed by atoms with Crippen LogP contribution in [0.5, 0.6) is 0 Å². The van der Waals surface area contributed by atoms with Gasteiger partial charge in [0.15, 0.2) is 0 Å². The van der Waals surface area contributed by atoms with Crippen molar-refractivity contribution >= 4 is 10.0 Å².